The van der Waals surface area contributed by atoms with Crippen LogP contribution in [0.2, 0.25) is 0 Å². The lowest BCUT2D eigenvalue weighted by molar-refractivity contribution is -0.130. The van der Waals surface area contributed by atoms with E-state index in [1.54, 1.807) is 24.8 Å². The van der Waals surface area contributed by atoms with Crippen molar-refractivity contribution in [1.29, 1.82) is 0 Å². The minimum atomic E-state index is -3.76. The molecule has 0 bridgehead atoms. The second-order valence-electron chi connectivity index (χ2n) is 8.20. The molecule has 1 N–H and O–H groups in total. The number of fused-ring (bicyclic) bond motifs is 1. The molecule has 0 aromatic heterocycles. The lowest BCUT2D eigenvalue weighted by Crippen LogP contribution is -2.37. The van der Waals surface area contributed by atoms with E-state index >= 15 is 0 Å². The molecule has 0 radical (unpaired) electrons. The molecule has 0 saturated carbocycles. The van der Waals surface area contributed by atoms with Gasteiger partial charge in [0, 0.05) is 25.6 Å². The Hall–Kier alpha value is -3.13. The van der Waals surface area contributed by atoms with E-state index in [1.165, 1.54) is 11.6 Å². The van der Waals surface area contributed by atoms with Gasteiger partial charge in [0.25, 0.3) is 5.91 Å². The Kier molecular flexibility index (Phi) is 6.06. The maximum absolute atomic E-state index is 13.2. The SMILES string of the molecule is Cc1cc2c(cc1S(=O)(=O)C(C)CC(=O)N1CC=C(c3ccccc3)CC1)OCC(=O)N2. The minimum Gasteiger partial charge on any atom is -0.482 e. The highest BCUT2D eigenvalue weighted by Gasteiger charge is 2.31. The number of ether oxygens (including phenoxy) is 1. The van der Waals surface area contributed by atoms with Crippen LogP contribution in [0.1, 0.15) is 30.9 Å². The summed E-state index contributed by atoms with van der Waals surface area (Å²) in [5, 5.41) is 1.79. The van der Waals surface area contributed by atoms with E-state index in [1.807, 2.05) is 36.4 Å². The molecule has 32 heavy (non-hydrogen) atoms. The summed E-state index contributed by atoms with van der Waals surface area (Å²) in [6, 6.07) is 13.1. The lowest BCUT2D eigenvalue weighted by Gasteiger charge is -2.28. The Morgan fingerprint density at radius 1 is 1.22 bits per heavy atom. The van der Waals surface area contributed by atoms with Crippen molar-refractivity contribution in [2.45, 2.75) is 36.8 Å². The first-order valence-corrected chi connectivity index (χ1v) is 12.1. The van der Waals surface area contributed by atoms with Crippen LogP contribution in [-0.2, 0) is 19.4 Å². The van der Waals surface area contributed by atoms with Gasteiger partial charge in [-0.2, -0.15) is 0 Å². The average Bonchev–Trinajstić information content (AvgIpc) is 2.79. The molecule has 0 aliphatic carbocycles. The first-order chi connectivity index (χ1) is 15.3. The lowest BCUT2D eigenvalue weighted by atomic mass is 9.99. The summed E-state index contributed by atoms with van der Waals surface area (Å²) < 4.78 is 31.8. The first-order valence-electron chi connectivity index (χ1n) is 10.6. The highest BCUT2D eigenvalue weighted by atomic mass is 32.2. The summed E-state index contributed by atoms with van der Waals surface area (Å²) in [4.78, 5) is 26.2. The monoisotopic (exact) mass is 454 g/mol. The zero-order chi connectivity index (χ0) is 22.9. The standard InChI is InChI=1S/C24H26N2O5S/c1-16-12-20-21(31-15-23(27)25-20)14-22(16)32(29,30)17(2)13-24(28)26-10-8-19(9-11-26)18-6-4-3-5-7-18/h3-8,12,14,17H,9-11,13,15H2,1-2H3,(H,25,27). The van der Waals surface area contributed by atoms with Gasteiger partial charge in [0.1, 0.15) is 5.75 Å². The predicted octanol–water partition coefficient (Wildman–Crippen LogP) is 3.19. The maximum atomic E-state index is 13.2. The fourth-order valence-electron chi connectivity index (χ4n) is 4.03. The van der Waals surface area contributed by atoms with E-state index in [-0.39, 0.29) is 29.7 Å². The van der Waals surface area contributed by atoms with Crippen LogP contribution >= 0.6 is 0 Å². The van der Waals surface area contributed by atoms with Gasteiger partial charge in [-0.05, 0) is 43.0 Å². The van der Waals surface area contributed by atoms with Gasteiger partial charge in [0.2, 0.25) is 5.91 Å². The molecule has 8 heteroatoms. The van der Waals surface area contributed by atoms with Crippen molar-refractivity contribution in [3.63, 3.8) is 0 Å². The van der Waals surface area contributed by atoms with Gasteiger partial charge in [0.15, 0.2) is 16.4 Å². The van der Waals surface area contributed by atoms with Crippen LogP contribution in [-0.4, -0.2) is 50.1 Å². The second-order valence-corrected chi connectivity index (χ2v) is 10.5. The number of carbonyl (C=O) groups excluding carboxylic acids is 2. The molecule has 168 valence electrons. The van der Waals surface area contributed by atoms with E-state index in [9.17, 15) is 18.0 Å². The van der Waals surface area contributed by atoms with Crippen LogP contribution < -0.4 is 10.1 Å². The zero-order valence-corrected chi connectivity index (χ0v) is 18.9. The maximum Gasteiger partial charge on any atom is 0.262 e. The number of anilines is 1. The number of nitrogens with zero attached hydrogens (tertiary/aromatic N) is 1. The zero-order valence-electron chi connectivity index (χ0n) is 18.1. The van der Waals surface area contributed by atoms with Gasteiger partial charge in [-0.25, -0.2) is 8.42 Å². The molecule has 1 unspecified atom stereocenters. The fraction of sp³-hybridized carbons (Fsp3) is 0.333. The number of carbonyl (C=O) groups is 2. The van der Waals surface area contributed by atoms with E-state index in [2.05, 4.69) is 5.32 Å². The second kappa shape index (κ2) is 8.78. The number of amides is 2. The number of rotatable bonds is 5. The normalized spacial score (nSPS) is 17.0. The van der Waals surface area contributed by atoms with Gasteiger partial charge in [0.05, 0.1) is 15.8 Å². The summed E-state index contributed by atoms with van der Waals surface area (Å²) >= 11 is 0. The van der Waals surface area contributed by atoms with Gasteiger partial charge < -0.3 is 15.0 Å². The van der Waals surface area contributed by atoms with Gasteiger partial charge in [-0.15, -0.1) is 0 Å². The van der Waals surface area contributed by atoms with Gasteiger partial charge in [-0.3, -0.25) is 9.59 Å². The first kappa shape index (κ1) is 22.1. The summed E-state index contributed by atoms with van der Waals surface area (Å²) in [6.45, 7) is 4.11. The number of hydrogen-bond donors (Lipinski definition) is 1. The average molecular weight is 455 g/mol. The Bertz CT molecular complexity index is 1190. The van der Waals surface area contributed by atoms with Crippen molar-refractivity contribution >= 4 is 32.9 Å². The molecule has 0 spiro atoms. The topological polar surface area (TPSA) is 92.8 Å². The Morgan fingerprint density at radius 2 is 1.97 bits per heavy atom. The van der Waals surface area contributed by atoms with Crippen molar-refractivity contribution in [2.24, 2.45) is 0 Å². The van der Waals surface area contributed by atoms with Crippen molar-refractivity contribution < 1.29 is 22.7 Å². The predicted molar refractivity (Wildman–Crippen MR) is 122 cm³/mol. The van der Waals surface area contributed by atoms with Crippen LogP contribution in [0.15, 0.2) is 53.4 Å². The van der Waals surface area contributed by atoms with Crippen LogP contribution in [0.5, 0.6) is 5.75 Å². The third-order valence-electron chi connectivity index (χ3n) is 5.91. The summed E-state index contributed by atoms with van der Waals surface area (Å²) in [5.41, 5.74) is 3.31. The van der Waals surface area contributed by atoms with Gasteiger partial charge >= 0.3 is 0 Å². The molecule has 2 aromatic carbocycles. The van der Waals surface area contributed by atoms with Crippen LogP contribution in [0.3, 0.4) is 0 Å². The van der Waals surface area contributed by atoms with Crippen molar-refractivity contribution in [3.05, 3.63) is 59.7 Å². The Labute approximate surface area is 188 Å². The van der Waals surface area contributed by atoms with E-state index in [0.717, 1.165) is 12.0 Å². The van der Waals surface area contributed by atoms with E-state index in [0.29, 0.717) is 30.1 Å². The molecule has 2 amide bonds. The summed E-state index contributed by atoms with van der Waals surface area (Å²) in [7, 11) is -3.76. The van der Waals surface area contributed by atoms with Crippen LogP contribution in [0.4, 0.5) is 5.69 Å². The molecule has 2 aromatic rings. The van der Waals surface area contributed by atoms with Crippen LogP contribution in [0, 0.1) is 6.92 Å². The number of nitrogens with one attached hydrogen (secondary N) is 1. The Balaban J connectivity index is 1.45. The molecule has 2 heterocycles. The third-order valence-corrected chi connectivity index (χ3v) is 8.19. The summed E-state index contributed by atoms with van der Waals surface area (Å²) in [5.74, 6) is -0.136. The molecule has 7 nitrogen and oxygen atoms in total. The Morgan fingerprint density at radius 3 is 2.66 bits per heavy atom. The molecule has 0 saturated heterocycles. The van der Waals surface area contributed by atoms with Crippen LogP contribution in [0.25, 0.3) is 5.57 Å². The number of aryl methyl sites for hydroxylation is 1. The number of hydrogen-bond acceptors (Lipinski definition) is 5. The molecule has 4 rings (SSSR count). The highest BCUT2D eigenvalue weighted by molar-refractivity contribution is 7.92. The van der Waals surface area contributed by atoms with Crippen molar-refractivity contribution in [1.82, 2.24) is 4.90 Å². The van der Waals surface area contributed by atoms with E-state index in [4.69, 9.17) is 4.74 Å². The molecular formula is C24H26N2O5S. The third kappa shape index (κ3) is 4.41. The van der Waals surface area contributed by atoms with Crippen molar-refractivity contribution in [2.75, 3.05) is 25.0 Å². The number of sulfone groups is 1. The van der Waals surface area contributed by atoms with Gasteiger partial charge in [-0.1, -0.05) is 36.4 Å². The highest BCUT2D eigenvalue weighted by Crippen LogP contribution is 2.34. The summed E-state index contributed by atoms with van der Waals surface area (Å²) in [6.07, 6.45) is 2.68. The minimum absolute atomic E-state index is 0.0923. The smallest absolute Gasteiger partial charge is 0.262 e. The molecule has 1 atom stereocenters. The molecule has 0 fully saturated rings. The fourth-order valence-corrected chi connectivity index (χ4v) is 5.61. The molecular weight excluding hydrogens is 428 g/mol. The molecule has 2 aliphatic heterocycles. The number of benzene rings is 2. The van der Waals surface area contributed by atoms with Crippen molar-refractivity contribution in [3.8, 4) is 5.75 Å². The quantitative estimate of drug-likeness (QED) is 0.749. The largest absolute Gasteiger partial charge is 0.482 e. The molecule has 2 aliphatic rings. The van der Waals surface area contributed by atoms with E-state index < -0.39 is 15.1 Å².